The number of nitrogens with zero attached hydrogens (tertiary/aromatic N) is 1. The van der Waals surface area contributed by atoms with Gasteiger partial charge in [0.15, 0.2) is 0 Å². The molecule has 0 aliphatic carbocycles. The first-order chi connectivity index (χ1) is 6.15. The third-order valence-corrected chi connectivity index (χ3v) is 2.19. The number of carbonyl (C=O) groups is 1. The van der Waals surface area contributed by atoms with Crippen LogP contribution in [0.3, 0.4) is 0 Å². The third-order valence-electron chi connectivity index (χ3n) is 1.45. The number of carbonyl (C=O) groups excluding carboxylic acids is 1. The molecule has 0 aromatic carbocycles. The maximum Gasteiger partial charge on any atom is 0.253 e. The van der Waals surface area contributed by atoms with Crippen LogP contribution in [0.15, 0.2) is 10.8 Å². The second kappa shape index (κ2) is 4.06. The molecule has 1 aromatic rings. The van der Waals surface area contributed by atoms with E-state index in [0.717, 1.165) is 0 Å². The molecule has 0 unspecified atom stereocenters. The number of nitriles is 1. The molecule has 0 saturated carbocycles. The highest BCUT2D eigenvalue weighted by Gasteiger charge is 2.12. The van der Waals surface area contributed by atoms with E-state index in [1.54, 1.807) is 10.8 Å². The summed E-state index contributed by atoms with van der Waals surface area (Å²) >= 11 is 1.36. The first-order valence-corrected chi connectivity index (χ1v) is 4.86. The standard InChI is InChI=1S/C9H10N2OS/c1-6(2)11-9(12)8-5-13-4-7(8)3-10/h4-6H,1-2H3,(H,11,12). The molecule has 0 saturated heterocycles. The first kappa shape index (κ1) is 9.75. The van der Waals surface area contributed by atoms with Gasteiger partial charge in [0.25, 0.3) is 5.91 Å². The lowest BCUT2D eigenvalue weighted by Crippen LogP contribution is -2.30. The smallest absolute Gasteiger partial charge is 0.253 e. The van der Waals surface area contributed by atoms with Gasteiger partial charge in [-0.05, 0) is 13.8 Å². The highest BCUT2D eigenvalue weighted by atomic mass is 32.1. The number of thiophene rings is 1. The van der Waals surface area contributed by atoms with E-state index in [0.29, 0.717) is 11.1 Å². The molecule has 68 valence electrons. The fraction of sp³-hybridized carbons (Fsp3) is 0.333. The van der Waals surface area contributed by atoms with Gasteiger partial charge in [-0.25, -0.2) is 0 Å². The van der Waals surface area contributed by atoms with Crippen molar-refractivity contribution in [3.8, 4) is 6.07 Å². The molecule has 1 rings (SSSR count). The second-order valence-electron chi connectivity index (χ2n) is 2.94. The minimum absolute atomic E-state index is 0.0962. The molecule has 0 aliphatic heterocycles. The molecule has 0 atom stereocenters. The zero-order valence-corrected chi connectivity index (χ0v) is 8.31. The summed E-state index contributed by atoms with van der Waals surface area (Å²) in [6, 6.07) is 2.08. The lowest BCUT2D eigenvalue weighted by atomic mass is 10.2. The molecule has 1 amide bonds. The fourth-order valence-corrected chi connectivity index (χ4v) is 1.65. The Morgan fingerprint density at radius 2 is 2.31 bits per heavy atom. The summed E-state index contributed by atoms with van der Waals surface area (Å²) in [6.45, 7) is 3.77. The SMILES string of the molecule is CC(C)NC(=O)c1cscc1C#N. The molecule has 0 spiro atoms. The third kappa shape index (κ3) is 2.30. The van der Waals surface area contributed by atoms with Gasteiger partial charge in [0, 0.05) is 16.8 Å². The Morgan fingerprint density at radius 3 is 2.85 bits per heavy atom. The number of hydrogen-bond acceptors (Lipinski definition) is 3. The average Bonchev–Trinajstić information content (AvgIpc) is 2.49. The van der Waals surface area contributed by atoms with Gasteiger partial charge in [0.1, 0.15) is 6.07 Å². The summed E-state index contributed by atoms with van der Waals surface area (Å²) < 4.78 is 0. The van der Waals surface area contributed by atoms with E-state index in [1.165, 1.54) is 11.3 Å². The Morgan fingerprint density at radius 1 is 1.62 bits per heavy atom. The van der Waals surface area contributed by atoms with Crippen molar-refractivity contribution in [2.24, 2.45) is 0 Å². The summed E-state index contributed by atoms with van der Waals surface area (Å²) in [5, 5.41) is 14.8. The van der Waals surface area contributed by atoms with Gasteiger partial charge in [0.2, 0.25) is 0 Å². The van der Waals surface area contributed by atoms with Crippen LogP contribution in [0.4, 0.5) is 0 Å². The van der Waals surface area contributed by atoms with Crippen molar-refractivity contribution >= 4 is 17.2 Å². The zero-order valence-electron chi connectivity index (χ0n) is 7.50. The molecule has 0 bridgehead atoms. The van der Waals surface area contributed by atoms with E-state index in [1.807, 2.05) is 19.9 Å². The van der Waals surface area contributed by atoms with Crippen LogP contribution in [0, 0.1) is 11.3 Å². The summed E-state index contributed by atoms with van der Waals surface area (Å²) in [5.41, 5.74) is 0.921. The van der Waals surface area contributed by atoms with Crippen molar-refractivity contribution in [2.45, 2.75) is 19.9 Å². The van der Waals surface area contributed by atoms with Crippen LogP contribution in [0.2, 0.25) is 0 Å². The first-order valence-electron chi connectivity index (χ1n) is 3.92. The Balaban J connectivity index is 2.84. The summed E-state index contributed by atoms with van der Waals surface area (Å²) in [6.07, 6.45) is 0. The van der Waals surface area contributed by atoms with Crippen LogP contribution in [-0.4, -0.2) is 11.9 Å². The van der Waals surface area contributed by atoms with Crippen molar-refractivity contribution < 1.29 is 4.79 Å². The minimum atomic E-state index is -0.173. The van der Waals surface area contributed by atoms with Gasteiger partial charge >= 0.3 is 0 Å². The number of nitrogens with one attached hydrogen (secondary N) is 1. The minimum Gasteiger partial charge on any atom is -0.350 e. The van der Waals surface area contributed by atoms with Crippen molar-refractivity contribution in [1.82, 2.24) is 5.32 Å². The van der Waals surface area contributed by atoms with Crippen molar-refractivity contribution in [1.29, 1.82) is 5.26 Å². The predicted octanol–water partition coefficient (Wildman–Crippen LogP) is 1.76. The number of amides is 1. The van der Waals surface area contributed by atoms with Gasteiger partial charge in [-0.2, -0.15) is 16.6 Å². The summed E-state index contributed by atoms with van der Waals surface area (Å²) in [5.74, 6) is -0.173. The zero-order chi connectivity index (χ0) is 9.84. The Bertz CT molecular complexity index is 349. The Labute approximate surface area is 81.0 Å². The summed E-state index contributed by atoms with van der Waals surface area (Å²) in [4.78, 5) is 11.4. The van der Waals surface area contributed by atoms with Crippen LogP contribution >= 0.6 is 11.3 Å². The quantitative estimate of drug-likeness (QED) is 0.779. The number of rotatable bonds is 2. The van der Waals surface area contributed by atoms with Gasteiger partial charge in [-0.15, -0.1) is 0 Å². The average molecular weight is 194 g/mol. The van der Waals surface area contributed by atoms with Crippen molar-refractivity contribution in [3.05, 3.63) is 21.9 Å². The van der Waals surface area contributed by atoms with E-state index in [9.17, 15) is 4.79 Å². The van der Waals surface area contributed by atoms with Crippen LogP contribution in [0.25, 0.3) is 0 Å². The molecule has 3 nitrogen and oxygen atoms in total. The molecule has 1 aromatic heterocycles. The van der Waals surface area contributed by atoms with E-state index in [2.05, 4.69) is 5.32 Å². The van der Waals surface area contributed by atoms with Crippen molar-refractivity contribution in [2.75, 3.05) is 0 Å². The largest absolute Gasteiger partial charge is 0.350 e. The molecular weight excluding hydrogens is 184 g/mol. The fourth-order valence-electron chi connectivity index (χ4n) is 0.899. The maximum absolute atomic E-state index is 11.4. The molecular formula is C9H10N2OS. The van der Waals surface area contributed by atoms with Crippen LogP contribution in [0.5, 0.6) is 0 Å². The maximum atomic E-state index is 11.4. The van der Waals surface area contributed by atoms with Crippen molar-refractivity contribution in [3.63, 3.8) is 0 Å². The molecule has 1 N–H and O–H groups in total. The highest BCUT2D eigenvalue weighted by molar-refractivity contribution is 7.08. The van der Waals surface area contributed by atoms with Gasteiger partial charge in [-0.1, -0.05) is 0 Å². The van der Waals surface area contributed by atoms with Crippen LogP contribution in [0.1, 0.15) is 29.8 Å². The second-order valence-corrected chi connectivity index (χ2v) is 3.68. The Hall–Kier alpha value is -1.34. The van der Waals surface area contributed by atoms with Crippen LogP contribution < -0.4 is 5.32 Å². The summed E-state index contributed by atoms with van der Waals surface area (Å²) in [7, 11) is 0. The molecule has 0 radical (unpaired) electrons. The lowest BCUT2D eigenvalue weighted by molar-refractivity contribution is 0.0943. The van der Waals surface area contributed by atoms with Gasteiger partial charge in [0.05, 0.1) is 11.1 Å². The molecule has 4 heteroatoms. The molecule has 13 heavy (non-hydrogen) atoms. The predicted molar refractivity (Wildman–Crippen MR) is 51.6 cm³/mol. The van der Waals surface area contributed by atoms with E-state index < -0.39 is 0 Å². The number of hydrogen-bond donors (Lipinski definition) is 1. The topological polar surface area (TPSA) is 52.9 Å². The van der Waals surface area contributed by atoms with E-state index >= 15 is 0 Å². The molecule has 1 heterocycles. The Kier molecular flexibility index (Phi) is 3.04. The van der Waals surface area contributed by atoms with Crippen LogP contribution in [-0.2, 0) is 0 Å². The van der Waals surface area contributed by atoms with Gasteiger partial charge < -0.3 is 5.32 Å². The normalized spacial score (nSPS) is 9.69. The monoisotopic (exact) mass is 194 g/mol. The molecule has 0 aliphatic rings. The van der Waals surface area contributed by atoms with Gasteiger partial charge in [-0.3, -0.25) is 4.79 Å². The lowest BCUT2D eigenvalue weighted by Gasteiger charge is -2.06. The van der Waals surface area contributed by atoms with E-state index in [4.69, 9.17) is 5.26 Å². The van der Waals surface area contributed by atoms with E-state index in [-0.39, 0.29) is 11.9 Å². The molecule has 0 fully saturated rings. The highest BCUT2D eigenvalue weighted by Crippen LogP contribution is 2.13.